The van der Waals surface area contributed by atoms with Gasteiger partial charge in [0.15, 0.2) is 0 Å². The summed E-state index contributed by atoms with van der Waals surface area (Å²) >= 11 is 7.09. The van der Waals surface area contributed by atoms with Crippen LogP contribution in [0.3, 0.4) is 0 Å². The Balaban J connectivity index is 1.33. The van der Waals surface area contributed by atoms with E-state index < -0.39 is 5.91 Å². The standard InChI is InChI=1S/C26H24ClN3O3S/c27-22-11-10-21(34-22)24(31)28-20-9-5-8-19-23(20)26(33)30(25(19)32)16-18-7-4-6-17(14-18)15-29-12-2-1-3-13-29/h4-11,14H,1-3,12-13,15-16H2,(H,28,31). The molecule has 0 spiro atoms. The van der Waals surface area contributed by atoms with E-state index in [1.165, 1.54) is 29.7 Å². The van der Waals surface area contributed by atoms with Crippen molar-refractivity contribution in [2.45, 2.75) is 32.4 Å². The number of thiophene rings is 1. The second-order valence-electron chi connectivity index (χ2n) is 8.64. The lowest BCUT2D eigenvalue weighted by Crippen LogP contribution is -2.30. The van der Waals surface area contributed by atoms with E-state index in [2.05, 4.69) is 22.3 Å². The van der Waals surface area contributed by atoms with E-state index >= 15 is 0 Å². The number of hydrogen-bond acceptors (Lipinski definition) is 5. The zero-order valence-electron chi connectivity index (χ0n) is 18.6. The van der Waals surface area contributed by atoms with E-state index in [0.717, 1.165) is 36.5 Å². The van der Waals surface area contributed by atoms with Gasteiger partial charge in [-0.2, -0.15) is 0 Å². The molecule has 6 nitrogen and oxygen atoms in total. The lowest BCUT2D eigenvalue weighted by atomic mass is 10.1. The summed E-state index contributed by atoms with van der Waals surface area (Å²) < 4.78 is 0.503. The van der Waals surface area contributed by atoms with Gasteiger partial charge in [-0.25, -0.2) is 0 Å². The van der Waals surface area contributed by atoms with Crippen molar-refractivity contribution >= 4 is 46.3 Å². The van der Waals surface area contributed by atoms with E-state index in [4.69, 9.17) is 11.6 Å². The average molecular weight is 494 g/mol. The van der Waals surface area contributed by atoms with Crippen LogP contribution in [-0.4, -0.2) is 40.6 Å². The van der Waals surface area contributed by atoms with Crippen molar-refractivity contribution in [1.29, 1.82) is 0 Å². The predicted octanol–water partition coefficient (Wildman–Crippen LogP) is 5.44. The first-order chi connectivity index (χ1) is 16.5. The van der Waals surface area contributed by atoms with E-state index in [1.807, 2.05) is 12.1 Å². The molecule has 0 bridgehead atoms. The van der Waals surface area contributed by atoms with Crippen LogP contribution >= 0.6 is 22.9 Å². The SMILES string of the molecule is O=C(Nc1cccc2c1C(=O)N(Cc1cccc(CN3CCCCC3)c1)C2=O)c1ccc(Cl)s1. The Morgan fingerprint density at radius 1 is 0.912 bits per heavy atom. The fraction of sp³-hybridized carbons (Fsp3) is 0.269. The van der Waals surface area contributed by atoms with E-state index in [9.17, 15) is 14.4 Å². The molecule has 1 aromatic heterocycles. The normalized spacial score (nSPS) is 16.1. The summed E-state index contributed by atoms with van der Waals surface area (Å²) in [6.45, 7) is 3.27. The summed E-state index contributed by atoms with van der Waals surface area (Å²) in [5.74, 6) is -1.12. The van der Waals surface area contributed by atoms with Crippen LogP contribution in [0.2, 0.25) is 4.34 Å². The number of hydrogen-bond donors (Lipinski definition) is 1. The van der Waals surface area contributed by atoms with Gasteiger partial charge in [0, 0.05) is 6.54 Å². The number of likely N-dealkylation sites (tertiary alicyclic amines) is 1. The molecule has 2 aliphatic rings. The zero-order valence-corrected chi connectivity index (χ0v) is 20.1. The quantitative estimate of drug-likeness (QED) is 0.464. The lowest BCUT2D eigenvalue weighted by Gasteiger charge is -2.26. The molecule has 174 valence electrons. The van der Waals surface area contributed by atoms with Crippen molar-refractivity contribution in [3.8, 4) is 0 Å². The molecule has 0 unspecified atom stereocenters. The van der Waals surface area contributed by atoms with Crippen LogP contribution in [0.15, 0.2) is 54.6 Å². The molecule has 3 aromatic rings. The molecule has 3 heterocycles. The van der Waals surface area contributed by atoms with Gasteiger partial charge < -0.3 is 5.32 Å². The number of nitrogens with one attached hydrogen (secondary N) is 1. The van der Waals surface area contributed by atoms with Gasteiger partial charge in [0.05, 0.1) is 32.6 Å². The number of benzene rings is 2. The first-order valence-corrected chi connectivity index (χ1v) is 12.5. The topological polar surface area (TPSA) is 69.7 Å². The number of halogens is 1. The van der Waals surface area contributed by atoms with Gasteiger partial charge in [0.25, 0.3) is 17.7 Å². The van der Waals surface area contributed by atoms with Crippen molar-refractivity contribution in [1.82, 2.24) is 9.80 Å². The van der Waals surface area contributed by atoms with Gasteiger partial charge in [-0.15, -0.1) is 11.3 Å². The molecule has 0 saturated carbocycles. The van der Waals surface area contributed by atoms with Gasteiger partial charge in [0.2, 0.25) is 0 Å². The molecule has 0 radical (unpaired) electrons. The van der Waals surface area contributed by atoms with Gasteiger partial charge in [-0.05, 0) is 61.3 Å². The number of nitrogens with zero attached hydrogens (tertiary/aromatic N) is 2. The van der Waals surface area contributed by atoms with Gasteiger partial charge in [-0.3, -0.25) is 24.2 Å². The molecule has 0 aliphatic carbocycles. The number of imide groups is 1. The van der Waals surface area contributed by atoms with Crippen molar-refractivity contribution in [2.24, 2.45) is 0 Å². The molecule has 5 rings (SSSR count). The number of anilines is 1. The third kappa shape index (κ3) is 4.64. The van der Waals surface area contributed by atoms with Gasteiger partial charge in [0.1, 0.15) is 0 Å². The molecule has 2 aromatic carbocycles. The Kier molecular flexibility index (Phi) is 6.50. The fourth-order valence-electron chi connectivity index (χ4n) is 4.59. The summed E-state index contributed by atoms with van der Waals surface area (Å²) in [5, 5.41) is 2.77. The monoisotopic (exact) mass is 493 g/mol. The number of amides is 3. The van der Waals surface area contributed by atoms with Crippen molar-refractivity contribution in [3.63, 3.8) is 0 Å². The Hall–Kier alpha value is -3.00. The fourth-order valence-corrected chi connectivity index (χ4v) is 5.52. The molecule has 8 heteroatoms. The number of rotatable bonds is 6. The van der Waals surface area contributed by atoms with Crippen LogP contribution in [0.1, 0.15) is 60.8 Å². The van der Waals surface area contributed by atoms with E-state index in [1.54, 1.807) is 30.3 Å². The second kappa shape index (κ2) is 9.70. The van der Waals surface area contributed by atoms with Crippen molar-refractivity contribution < 1.29 is 14.4 Å². The minimum absolute atomic E-state index is 0.189. The van der Waals surface area contributed by atoms with E-state index in [-0.39, 0.29) is 23.9 Å². The van der Waals surface area contributed by atoms with Gasteiger partial charge >= 0.3 is 0 Å². The molecular formula is C26H24ClN3O3S. The van der Waals surface area contributed by atoms with Crippen LogP contribution in [0.25, 0.3) is 0 Å². The highest BCUT2D eigenvalue weighted by Gasteiger charge is 2.37. The molecule has 1 N–H and O–H groups in total. The van der Waals surface area contributed by atoms with Gasteiger partial charge in [-0.1, -0.05) is 48.4 Å². The average Bonchev–Trinajstić information content (AvgIpc) is 3.38. The predicted molar refractivity (Wildman–Crippen MR) is 133 cm³/mol. The Morgan fingerprint density at radius 2 is 1.65 bits per heavy atom. The molecule has 2 aliphatic heterocycles. The number of carbonyl (C=O) groups excluding carboxylic acids is 3. The van der Waals surface area contributed by atoms with Crippen molar-refractivity contribution in [3.05, 3.63) is 86.1 Å². The third-order valence-corrected chi connectivity index (χ3v) is 7.46. The lowest BCUT2D eigenvalue weighted by molar-refractivity contribution is 0.0642. The molecule has 34 heavy (non-hydrogen) atoms. The Bertz CT molecular complexity index is 1270. The summed E-state index contributed by atoms with van der Waals surface area (Å²) in [5.41, 5.74) is 2.94. The molecule has 3 amide bonds. The molecular weight excluding hydrogens is 470 g/mol. The number of fused-ring (bicyclic) bond motifs is 1. The maximum Gasteiger partial charge on any atom is 0.265 e. The smallest absolute Gasteiger partial charge is 0.265 e. The molecule has 1 saturated heterocycles. The number of piperidine rings is 1. The molecule has 0 atom stereocenters. The highest BCUT2D eigenvalue weighted by Crippen LogP contribution is 2.31. The van der Waals surface area contributed by atoms with Crippen LogP contribution < -0.4 is 5.32 Å². The van der Waals surface area contributed by atoms with Crippen molar-refractivity contribution in [2.75, 3.05) is 18.4 Å². The highest BCUT2D eigenvalue weighted by atomic mass is 35.5. The highest BCUT2D eigenvalue weighted by molar-refractivity contribution is 7.18. The first-order valence-electron chi connectivity index (χ1n) is 11.4. The molecule has 1 fully saturated rings. The summed E-state index contributed by atoms with van der Waals surface area (Å²) in [6.07, 6.45) is 3.75. The largest absolute Gasteiger partial charge is 0.321 e. The summed E-state index contributed by atoms with van der Waals surface area (Å²) in [7, 11) is 0. The summed E-state index contributed by atoms with van der Waals surface area (Å²) in [6, 6.07) is 16.3. The zero-order chi connectivity index (χ0) is 23.7. The third-order valence-electron chi connectivity index (χ3n) is 6.23. The second-order valence-corrected chi connectivity index (χ2v) is 10.4. The van der Waals surface area contributed by atoms with Crippen LogP contribution in [-0.2, 0) is 13.1 Å². The van der Waals surface area contributed by atoms with Crippen LogP contribution in [0, 0.1) is 0 Å². The van der Waals surface area contributed by atoms with Crippen LogP contribution in [0.5, 0.6) is 0 Å². The van der Waals surface area contributed by atoms with Crippen LogP contribution in [0.4, 0.5) is 5.69 Å². The maximum absolute atomic E-state index is 13.3. The summed E-state index contributed by atoms with van der Waals surface area (Å²) in [4.78, 5) is 43.1. The minimum atomic E-state index is -0.401. The minimum Gasteiger partial charge on any atom is -0.321 e. The number of carbonyl (C=O) groups is 3. The Labute approximate surface area is 207 Å². The first kappa shape index (κ1) is 22.8. The Morgan fingerprint density at radius 3 is 2.38 bits per heavy atom. The maximum atomic E-state index is 13.3. The van der Waals surface area contributed by atoms with E-state index in [0.29, 0.717) is 20.5 Å².